The van der Waals surface area contributed by atoms with E-state index >= 15 is 0 Å². The fourth-order valence-corrected chi connectivity index (χ4v) is 2.99. The van der Waals surface area contributed by atoms with E-state index in [2.05, 4.69) is 17.4 Å². The summed E-state index contributed by atoms with van der Waals surface area (Å²) >= 11 is 0. The number of hydrogen-bond donors (Lipinski definition) is 1. The maximum absolute atomic E-state index is 12.5. The largest absolute Gasteiger partial charge is 0.493 e. The molecule has 4 heteroatoms. The molecule has 3 aromatic rings. The van der Waals surface area contributed by atoms with E-state index in [4.69, 9.17) is 4.74 Å². The Labute approximate surface area is 166 Å². The quantitative estimate of drug-likeness (QED) is 0.586. The third-order valence-corrected chi connectivity index (χ3v) is 4.46. The summed E-state index contributed by atoms with van der Waals surface area (Å²) in [6, 6.07) is 27.7. The lowest BCUT2D eigenvalue weighted by Gasteiger charge is -2.22. The molecule has 144 valence electrons. The van der Waals surface area contributed by atoms with Crippen LogP contribution >= 0.6 is 0 Å². The van der Waals surface area contributed by atoms with Crippen molar-refractivity contribution >= 4 is 17.3 Å². The van der Waals surface area contributed by atoms with Gasteiger partial charge in [-0.1, -0.05) is 54.6 Å². The molecule has 1 amide bonds. The smallest absolute Gasteiger partial charge is 0.243 e. The molecule has 0 aliphatic rings. The summed E-state index contributed by atoms with van der Waals surface area (Å²) in [5, 5.41) is 2.96. The molecule has 28 heavy (non-hydrogen) atoms. The molecule has 0 atom stereocenters. The number of likely N-dealkylation sites (N-methyl/N-ethyl adjacent to an activating group) is 1. The summed E-state index contributed by atoms with van der Waals surface area (Å²) in [5.74, 6) is 0.705. The Kier molecular flexibility index (Phi) is 7.08. The van der Waals surface area contributed by atoms with Gasteiger partial charge in [-0.15, -0.1) is 0 Å². The van der Waals surface area contributed by atoms with Crippen LogP contribution in [0.4, 0.5) is 11.4 Å². The second-order valence-electron chi connectivity index (χ2n) is 6.51. The van der Waals surface area contributed by atoms with Gasteiger partial charge in [-0.05, 0) is 36.8 Å². The normalized spacial score (nSPS) is 10.3. The molecule has 3 rings (SSSR count). The molecule has 0 aliphatic carbocycles. The third kappa shape index (κ3) is 5.88. The number of carbonyl (C=O) groups is 1. The lowest BCUT2D eigenvalue weighted by atomic mass is 10.2. The first-order chi connectivity index (χ1) is 13.7. The third-order valence-electron chi connectivity index (χ3n) is 4.46. The SMILES string of the molecule is CCN(CC(=O)Nc1cccc(OCCc2ccccc2)c1)c1ccccc1. The zero-order valence-corrected chi connectivity index (χ0v) is 16.2. The summed E-state index contributed by atoms with van der Waals surface area (Å²) < 4.78 is 5.84. The van der Waals surface area contributed by atoms with E-state index in [1.54, 1.807) is 0 Å². The number of benzene rings is 3. The van der Waals surface area contributed by atoms with Gasteiger partial charge in [-0.2, -0.15) is 0 Å². The van der Waals surface area contributed by atoms with Crippen LogP contribution in [0.1, 0.15) is 12.5 Å². The summed E-state index contributed by atoms with van der Waals surface area (Å²) in [4.78, 5) is 14.5. The van der Waals surface area contributed by atoms with Crippen molar-refractivity contribution < 1.29 is 9.53 Å². The Morgan fingerprint density at radius 2 is 1.64 bits per heavy atom. The second-order valence-corrected chi connectivity index (χ2v) is 6.51. The zero-order valence-electron chi connectivity index (χ0n) is 16.2. The average Bonchev–Trinajstić information content (AvgIpc) is 2.74. The summed E-state index contributed by atoms with van der Waals surface area (Å²) in [6.07, 6.45) is 0.847. The average molecular weight is 374 g/mol. The van der Waals surface area contributed by atoms with Crippen molar-refractivity contribution in [3.8, 4) is 5.75 Å². The van der Waals surface area contributed by atoms with Gasteiger partial charge in [0.25, 0.3) is 0 Å². The monoisotopic (exact) mass is 374 g/mol. The Bertz CT molecular complexity index is 866. The number of para-hydroxylation sites is 1. The number of amides is 1. The number of nitrogens with zero attached hydrogens (tertiary/aromatic N) is 1. The van der Waals surface area contributed by atoms with Gasteiger partial charge in [-0.3, -0.25) is 4.79 Å². The Morgan fingerprint density at radius 3 is 2.36 bits per heavy atom. The van der Waals surface area contributed by atoms with Crippen LogP contribution in [0.3, 0.4) is 0 Å². The molecule has 3 aromatic carbocycles. The van der Waals surface area contributed by atoms with Crippen LogP contribution in [-0.4, -0.2) is 25.6 Å². The van der Waals surface area contributed by atoms with Crippen molar-refractivity contribution in [1.82, 2.24) is 0 Å². The van der Waals surface area contributed by atoms with Crippen molar-refractivity contribution in [2.24, 2.45) is 0 Å². The van der Waals surface area contributed by atoms with Crippen LogP contribution in [0.25, 0.3) is 0 Å². The predicted molar refractivity (Wildman–Crippen MR) is 115 cm³/mol. The first-order valence-corrected chi connectivity index (χ1v) is 9.61. The topological polar surface area (TPSA) is 41.6 Å². The van der Waals surface area contributed by atoms with Gasteiger partial charge in [0, 0.05) is 30.4 Å². The molecule has 0 saturated heterocycles. The van der Waals surface area contributed by atoms with Gasteiger partial charge in [-0.25, -0.2) is 0 Å². The molecule has 0 aromatic heterocycles. The van der Waals surface area contributed by atoms with E-state index < -0.39 is 0 Å². The summed E-state index contributed by atoms with van der Waals surface area (Å²) in [7, 11) is 0. The Balaban J connectivity index is 1.52. The standard InChI is InChI=1S/C24H26N2O2/c1-2-26(22-13-7-4-8-14-22)19-24(27)25-21-12-9-15-23(18-21)28-17-16-20-10-5-3-6-11-20/h3-15,18H,2,16-17,19H2,1H3,(H,25,27). The van der Waals surface area contributed by atoms with Crippen molar-refractivity contribution in [3.05, 3.63) is 90.5 Å². The molecule has 0 bridgehead atoms. The number of hydrogen-bond acceptors (Lipinski definition) is 3. The van der Waals surface area contributed by atoms with Gasteiger partial charge in [0.1, 0.15) is 5.75 Å². The number of nitrogens with one attached hydrogen (secondary N) is 1. The van der Waals surface area contributed by atoms with E-state index in [1.807, 2.05) is 84.6 Å². The van der Waals surface area contributed by atoms with E-state index in [1.165, 1.54) is 5.56 Å². The van der Waals surface area contributed by atoms with Gasteiger partial charge >= 0.3 is 0 Å². The molecular weight excluding hydrogens is 348 g/mol. The van der Waals surface area contributed by atoms with Gasteiger partial charge in [0.15, 0.2) is 0 Å². The first-order valence-electron chi connectivity index (χ1n) is 9.61. The van der Waals surface area contributed by atoms with E-state index in [0.717, 1.165) is 30.1 Å². The van der Waals surface area contributed by atoms with Crippen molar-refractivity contribution in [1.29, 1.82) is 0 Å². The summed E-state index contributed by atoms with van der Waals surface area (Å²) in [5.41, 5.74) is 3.02. The molecule has 1 N–H and O–H groups in total. The zero-order chi connectivity index (χ0) is 19.6. The lowest BCUT2D eigenvalue weighted by molar-refractivity contribution is -0.115. The van der Waals surface area contributed by atoms with Crippen LogP contribution < -0.4 is 15.0 Å². The van der Waals surface area contributed by atoms with Crippen LogP contribution in [0.5, 0.6) is 5.75 Å². The van der Waals surface area contributed by atoms with Gasteiger partial charge < -0.3 is 15.0 Å². The van der Waals surface area contributed by atoms with Gasteiger partial charge in [0.05, 0.1) is 13.2 Å². The second kappa shape index (κ2) is 10.2. The highest BCUT2D eigenvalue weighted by Gasteiger charge is 2.10. The maximum Gasteiger partial charge on any atom is 0.243 e. The molecule has 0 saturated carbocycles. The minimum Gasteiger partial charge on any atom is -0.493 e. The van der Waals surface area contributed by atoms with Crippen molar-refractivity contribution in [2.45, 2.75) is 13.3 Å². The minimum absolute atomic E-state index is 0.0489. The fraction of sp³-hybridized carbons (Fsp3) is 0.208. The molecule has 0 fully saturated rings. The fourth-order valence-electron chi connectivity index (χ4n) is 2.99. The number of ether oxygens (including phenoxy) is 1. The number of rotatable bonds is 9. The van der Waals surface area contributed by atoms with E-state index in [0.29, 0.717) is 13.2 Å². The molecule has 4 nitrogen and oxygen atoms in total. The van der Waals surface area contributed by atoms with Crippen LogP contribution in [0.15, 0.2) is 84.9 Å². The highest BCUT2D eigenvalue weighted by molar-refractivity contribution is 5.94. The summed E-state index contributed by atoms with van der Waals surface area (Å²) in [6.45, 7) is 3.71. The Hall–Kier alpha value is -3.27. The molecule has 0 spiro atoms. The van der Waals surface area contributed by atoms with E-state index in [-0.39, 0.29) is 5.91 Å². The molecule has 0 heterocycles. The number of carbonyl (C=O) groups excluding carboxylic acids is 1. The highest BCUT2D eigenvalue weighted by atomic mass is 16.5. The van der Waals surface area contributed by atoms with Crippen LogP contribution in [0, 0.1) is 0 Å². The molecule has 0 radical (unpaired) electrons. The van der Waals surface area contributed by atoms with E-state index in [9.17, 15) is 4.79 Å². The predicted octanol–water partition coefficient (Wildman–Crippen LogP) is 4.77. The van der Waals surface area contributed by atoms with Gasteiger partial charge in [0.2, 0.25) is 5.91 Å². The van der Waals surface area contributed by atoms with Crippen LogP contribution in [-0.2, 0) is 11.2 Å². The Morgan fingerprint density at radius 1 is 0.929 bits per heavy atom. The molecule has 0 aliphatic heterocycles. The number of anilines is 2. The molecule has 0 unspecified atom stereocenters. The maximum atomic E-state index is 12.5. The molecular formula is C24H26N2O2. The van der Waals surface area contributed by atoms with Crippen molar-refractivity contribution in [3.63, 3.8) is 0 Å². The highest BCUT2D eigenvalue weighted by Crippen LogP contribution is 2.18. The lowest BCUT2D eigenvalue weighted by Crippen LogP contribution is -2.33. The van der Waals surface area contributed by atoms with Crippen LogP contribution in [0.2, 0.25) is 0 Å². The minimum atomic E-state index is -0.0489. The van der Waals surface area contributed by atoms with Crippen molar-refractivity contribution in [2.75, 3.05) is 29.9 Å². The first kappa shape index (κ1) is 19.5.